The summed E-state index contributed by atoms with van der Waals surface area (Å²) < 4.78 is 0. The second kappa shape index (κ2) is 14.6. The van der Waals surface area contributed by atoms with Gasteiger partial charge < -0.3 is 27.2 Å². The quantitative estimate of drug-likeness (QED) is 0.274. The molecule has 0 spiro atoms. The van der Waals surface area contributed by atoms with E-state index in [9.17, 15) is 19.2 Å². The lowest BCUT2D eigenvalue weighted by atomic mass is 10.1. The Morgan fingerprint density at radius 2 is 1.65 bits per heavy atom. The highest BCUT2D eigenvalue weighted by Gasteiger charge is 2.28. The van der Waals surface area contributed by atoms with Gasteiger partial charge in [-0.15, -0.1) is 12.4 Å². The molecule has 1 unspecified atom stereocenters. The summed E-state index contributed by atoms with van der Waals surface area (Å²) in [4.78, 5) is 46.7. The molecule has 0 aromatic heterocycles. The molecule has 3 atom stereocenters. The Morgan fingerprint density at radius 1 is 1.08 bits per heavy atom. The van der Waals surface area contributed by atoms with Crippen molar-refractivity contribution in [2.45, 2.75) is 57.2 Å². The van der Waals surface area contributed by atoms with Crippen LogP contribution in [0, 0.1) is 0 Å². The van der Waals surface area contributed by atoms with E-state index in [2.05, 4.69) is 10.6 Å². The predicted molar refractivity (Wildman–Crippen MR) is 103 cm³/mol. The molecule has 0 fully saturated rings. The number of carbonyl (C=O) groups is 4. The largest absolute Gasteiger partial charge is 0.481 e. The molecule has 3 amide bonds. The van der Waals surface area contributed by atoms with Gasteiger partial charge in [-0.3, -0.25) is 19.2 Å². The fraction of sp³-hybridized carbons (Fsp3) is 0.733. The van der Waals surface area contributed by atoms with Gasteiger partial charge >= 0.3 is 5.97 Å². The van der Waals surface area contributed by atoms with E-state index in [1.165, 1.54) is 11.8 Å². The smallest absolute Gasteiger partial charge is 0.305 e. The van der Waals surface area contributed by atoms with Gasteiger partial charge in [-0.25, -0.2) is 0 Å². The molecule has 7 N–H and O–H groups in total. The van der Waals surface area contributed by atoms with Crippen molar-refractivity contribution in [2.75, 3.05) is 12.0 Å². The van der Waals surface area contributed by atoms with Crippen molar-refractivity contribution in [3.8, 4) is 0 Å². The lowest BCUT2D eigenvalue weighted by Gasteiger charge is -2.22. The van der Waals surface area contributed by atoms with Crippen molar-refractivity contribution in [1.82, 2.24) is 10.6 Å². The summed E-state index contributed by atoms with van der Waals surface area (Å²) >= 11 is 1.52. The first kappa shape index (κ1) is 26.7. The molecule has 0 rings (SSSR count). The first-order valence-electron chi connectivity index (χ1n) is 8.09. The van der Waals surface area contributed by atoms with Gasteiger partial charge in [-0.05, 0) is 24.9 Å². The summed E-state index contributed by atoms with van der Waals surface area (Å²) in [5.41, 5.74) is 11.0. The molecular weight excluding hydrogens is 384 g/mol. The molecule has 0 aromatic carbocycles. The van der Waals surface area contributed by atoms with Gasteiger partial charge in [0, 0.05) is 0 Å². The average Bonchev–Trinajstić information content (AvgIpc) is 2.54. The number of amides is 3. The zero-order valence-electron chi connectivity index (χ0n) is 15.0. The molecule has 0 saturated carbocycles. The number of hydrogen-bond acceptors (Lipinski definition) is 6. The van der Waals surface area contributed by atoms with Crippen LogP contribution in [-0.4, -0.2) is 58.9 Å². The van der Waals surface area contributed by atoms with Crippen LogP contribution in [0.2, 0.25) is 0 Å². The van der Waals surface area contributed by atoms with Crippen LogP contribution in [0.25, 0.3) is 0 Å². The fourth-order valence-electron chi connectivity index (χ4n) is 2.00. The number of carbonyl (C=O) groups excluding carboxylic acids is 3. The van der Waals surface area contributed by atoms with E-state index >= 15 is 0 Å². The topological polar surface area (TPSA) is 165 Å². The Balaban J connectivity index is 0. The third kappa shape index (κ3) is 11.2. The molecule has 0 aliphatic carbocycles. The van der Waals surface area contributed by atoms with E-state index in [4.69, 9.17) is 16.6 Å². The third-order valence-corrected chi connectivity index (χ3v) is 4.13. The van der Waals surface area contributed by atoms with E-state index in [-0.39, 0.29) is 12.4 Å². The Labute approximate surface area is 163 Å². The van der Waals surface area contributed by atoms with E-state index in [1.54, 1.807) is 0 Å². The number of aliphatic carboxylic acids is 1. The highest BCUT2D eigenvalue weighted by Crippen LogP contribution is 2.04. The number of primary amides is 1. The number of unbranched alkanes of at least 4 members (excludes halogenated alkanes) is 1. The molecule has 0 aromatic rings. The maximum absolute atomic E-state index is 12.3. The summed E-state index contributed by atoms with van der Waals surface area (Å²) in [5.74, 6) is -2.70. The molecule has 11 heteroatoms. The van der Waals surface area contributed by atoms with Gasteiger partial charge in [0.05, 0.1) is 12.5 Å². The van der Waals surface area contributed by atoms with Crippen LogP contribution >= 0.6 is 24.2 Å². The molecule has 0 radical (unpaired) electrons. The molecule has 0 aliphatic heterocycles. The van der Waals surface area contributed by atoms with Crippen molar-refractivity contribution in [1.29, 1.82) is 0 Å². The van der Waals surface area contributed by atoms with Crippen LogP contribution in [0.4, 0.5) is 0 Å². The summed E-state index contributed by atoms with van der Waals surface area (Å²) in [6, 6.07) is -3.08. The first-order chi connectivity index (χ1) is 11.7. The van der Waals surface area contributed by atoms with Gasteiger partial charge in [0.25, 0.3) is 0 Å². The van der Waals surface area contributed by atoms with Gasteiger partial charge in [-0.2, -0.15) is 11.8 Å². The minimum absolute atomic E-state index is 0. The summed E-state index contributed by atoms with van der Waals surface area (Å²) in [5, 5.41) is 13.7. The standard InChI is InChI=1S/C15H28N4O5S.ClH/c1-3-4-5-10(13(17)22)18-15(24)11(8-12(20)21)19-14(23)9(16)6-7-25-2;/h9-11H,3-8,16H2,1-2H3,(H2,17,22)(H,18,24)(H,19,23)(H,20,21);1H/t9-,10?,11-;/m0./s1. The second-order valence-corrected chi connectivity index (χ2v) is 6.64. The second-order valence-electron chi connectivity index (χ2n) is 5.65. The van der Waals surface area contributed by atoms with E-state index in [1.807, 2.05) is 13.2 Å². The number of nitrogens with two attached hydrogens (primary N) is 2. The normalized spacial score (nSPS) is 13.7. The third-order valence-electron chi connectivity index (χ3n) is 3.49. The number of carboxylic acids is 1. The number of thioether (sulfide) groups is 1. The number of halogens is 1. The summed E-state index contributed by atoms with van der Waals surface area (Å²) in [7, 11) is 0. The van der Waals surface area contributed by atoms with Crippen LogP contribution in [0.15, 0.2) is 0 Å². The van der Waals surface area contributed by atoms with Crippen LogP contribution < -0.4 is 22.1 Å². The van der Waals surface area contributed by atoms with Crippen LogP contribution in [0.3, 0.4) is 0 Å². The minimum Gasteiger partial charge on any atom is -0.481 e. The van der Waals surface area contributed by atoms with Gasteiger partial charge in [0.2, 0.25) is 17.7 Å². The predicted octanol–water partition coefficient (Wildman–Crippen LogP) is -0.392. The van der Waals surface area contributed by atoms with Gasteiger partial charge in [0.15, 0.2) is 0 Å². The number of rotatable bonds is 13. The van der Waals surface area contributed by atoms with Crippen LogP contribution in [-0.2, 0) is 19.2 Å². The number of carboxylic acid groups (broad SMARTS) is 1. The van der Waals surface area contributed by atoms with E-state index < -0.39 is 48.2 Å². The Bertz CT molecular complexity index is 481. The van der Waals surface area contributed by atoms with Crippen molar-refractivity contribution < 1.29 is 24.3 Å². The molecular formula is C15H29ClN4O5S. The van der Waals surface area contributed by atoms with Gasteiger partial charge in [0.1, 0.15) is 12.1 Å². The lowest BCUT2D eigenvalue weighted by Crippen LogP contribution is -2.55. The zero-order valence-corrected chi connectivity index (χ0v) is 16.7. The Morgan fingerprint density at radius 3 is 2.12 bits per heavy atom. The molecule has 0 aliphatic rings. The van der Waals surface area contributed by atoms with Crippen LogP contribution in [0.5, 0.6) is 0 Å². The van der Waals surface area contributed by atoms with Crippen LogP contribution in [0.1, 0.15) is 39.0 Å². The average molecular weight is 413 g/mol. The Hall–Kier alpha value is -1.52. The number of nitrogens with one attached hydrogen (secondary N) is 2. The lowest BCUT2D eigenvalue weighted by molar-refractivity contribution is -0.141. The number of hydrogen-bond donors (Lipinski definition) is 5. The molecule has 152 valence electrons. The maximum atomic E-state index is 12.3. The summed E-state index contributed by atoms with van der Waals surface area (Å²) in [6.07, 6.45) is 3.47. The van der Waals surface area contributed by atoms with Crippen molar-refractivity contribution in [3.63, 3.8) is 0 Å². The van der Waals surface area contributed by atoms with E-state index in [0.717, 1.165) is 6.42 Å². The summed E-state index contributed by atoms with van der Waals surface area (Å²) in [6.45, 7) is 1.92. The van der Waals surface area contributed by atoms with E-state index in [0.29, 0.717) is 25.0 Å². The fourth-order valence-corrected chi connectivity index (χ4v) is 2.49. The minimum atomic E-state index is -1.33. The SMILES string of the molecule is CCCCC(NC(=O)[C@H](CC(=O)O)NC(=O)[C@@H](N)CCSC)C(N)=O.Cl. The first-order valence-corrected chi connectivity index (χ1v) is 9.48. The highest BCUT2D eigenvalue weighted by atomic mass is 35.5. The van der Waals surface area contributed by atoms with Crippen molar-refractivity contribution >= 4 is 47.9 Å². The Kier molecular flexibility index (Phi) is 15.0. The molecule has 0 bridgehead atoms. The molecule has 26 heavy (non-hydrogen) atoms. The maximum Gasteiger partial charge on any atom is 0.305 e. The zero-order chi connectivity index (χ0) is 19.4. The van der Waals surface area contributed by atoms with Crippen molar-refractivity contribution in [3.05, 3.63) is 0 Å². The highest BCUT2D eigenvalue weighted by molar-refractivity contribution is 7.98. The van der Waals surface area contributed by atoms with Gasteiger partial charge in [-0.1, -0.05) is 19.8 Å². The molecule has 0 heterocycles. The molecule has 9 nitrogen and oxygen atoms in total. The monoisotopic (exact) mass is 412 g/mol. The molecule has 0 saturated heterocycles. The van der Waals surface area contributed by atoms with Crippen molar-refractivity contribution in [2.24, 2.45) is 11.5 Å².